The summed E-state index contributed by atoms with van der Waals surface area (Å²) in [7, 11) is 3.14. The van der Waals surface area contributed by atoms with Gasteiger partial charge in [-0.3, -0.25) is 4.79 Å². The van der Waals surface area contributed by atoms with E-state index in [1.807, 2.05) is 55.8 Å². The van der Waals surface area contributed by atoms with Gasteiger partial charge in [-0.15, -0.1) is 0 Å². The predicted molar refractivity (Wildman–Crippen MR) is 126 cm³/mol. The maximum absolute atomic E-state index is 13.4. The molecule has 0 saturated heterocycles. The van der Waals surface area contributed by atoms with E-state index in [4.69, 9.17) is 14.5 Å². The number of hydrogen-bond acceptors (Lipinski definition) is 5. The van der Waals surface area contributed by atoms with Crippen molar-refractivity contribution in [3.8, 4) is 22.8 Å². The van der Waals surface area contributed by atoms with E-state index in [-0.39, 0.29) is 11.9 Å². The second kappa shape index (κ2) is 8.70. The van der Waals surface area contributed by atoms with Gasteiger partial charge in [-0.1, -0.05) is 24.3 Å². The molecule has 4 aromatic rings. The van der Waals surface area contributed by atoms with Crippen LogP contribution < -0.4 is 14.8 Å². The van der Waals surface area contributed by atoms with Gasteiger partial charge < -0.3 is 14.8 Å². The van der Waals surface area contributed by atoms with Gasteiger partial charge in [0.15, 0.2) is 5.65 Å². The number of aryl methyl sites for hydroxylation is 1. The first-order valence-electron chi connectivity index (χ1n) is 10.4. The summed E-state index contributed by atoms with van der Waals surface area (Å²) in [6.07, 6.45) is 1.70. The Morgan fingerprint density at radius 1 is 1.06 bits per heavy atom. The van der Waals surface area contributed by atoms with Crippen LogP contribution >= 0.6 is 0 Å². The minimum absolute atomic E-state index is 0.102. The number of anilines is 1. The Morgan fingerprint density at radius 3 is 2.53 bits per heavy atom. The van der Waals surface area contributed by atoms with E-state index in [0.29, 0.717) is 33.8 Å². The van der Waals surface area contributed by atoms with Crippen molar-refractivity contribution in [3.63, 3.8) is 0 Å². The van der Waals surface area contributed by atoms with Gasteiger partial charge in [0.1, 0.15) is 11.5 Å². The Kier molecular flexibility index (Phi) is 5.81. The molecule has 0 fully saturated rings. The average Bonchev–Trinajstić information content (AvgIpc) is 3.23. The molecule has 2 heterocycles. The van der Waals surface area contributed by atoms with Gasteiger partial charge in [0.05, 0.1) is 42.7 Å². The lowest BCUT2D eigenvalue weighted by Crippen LogP contribution is -2.14. The number of aromatic nitrogens is 3. The number of fused-ring (bicyclic) bond motifs is 1. The molecule has 7 heteroatoms. The summed E-state index contributed by atoms with van der Waals surface area (Å²) < 4.78 is 12.5. The van der Waals surface area contributed by atoms with Crippen LogP contribution in [0, 0.1) is 6.92 Å². The van der Waals surface area contributed by atoms with Crippen LogP contribution in [-0.2, 0) is 0 Å². The largest absolute Gasteiger partial charge is 0.497 e. The maximum Gasteiger partial charge on any atom is 0.256 e. The molecule has 7 nitrogen and oxygen atoms in total. The summed E-state index contributed by atoms with van der Waals surface area (Å²) in [5.74, 6) is 0.894. The molecule has 0 spiro atoms. The van der Waals surface area contributed by atoms with E-state index in [1.165, 1.54) is 0 Å². The fourth-order valence-electron chi connectivity index (χ4n) is 3.67. The van der Waals surface area contributed by atoms with Crippen molar-refractivity contribution >= 4 is 22.6 Å². The summed E-state index contributed by atoms with van der Waals surface area (Å²) in [5.41, 5.74) is 4.51. The molecule has 0 aliphatic rings. The van der Waals surface area contributed by atoms with E-state index in [0.717, 1.165) is 16.8 Å². The lowest BCUT2D eigenvalue weighted by atomic mass is 10.0. The van der Waals surface area contributed by atoms with E-state index >= 15 is 0 Å². The molecular formula is C25H26N4O3. The highest BCUT2D eigenvalue weighted by Gasteiger charge is 2.20. The van der Waals surface area contributed by atoms with Crippen LogP contribution in [0.2, 0.25) is 0 Å². The first-order valence-corrected chi connectivity index (χ1v) is 10.4. The van der Waals surface area contributed by atoms with Crippen molar-refractivity contribution in [1.82, 2.24) is 14.8 Å². The van der Waals surface area contributed by atoms with Gasteiger partial charge in [-0.2, -0.15) is 5.10 Å². The highest BCUT2D eigenvalue weighted by atomic mass is 16.5. The Hall–Kier alpha value is -3.87. The van der Waals surface area contributed by atoms with Crippen LogP contribution in [0.1, 0.15) is 35.8 Å². The summed E-state index contributed by atoms with van der Waals surface area (Å²) in [4.78, 5) is 18.3. The van der Waals surface area contributed by atoms with Gasteiger partial charge in [0.2, 0.25) is 0 Å². The molecule has 0 bridgehead atoms. The van der Waals surface area contributed by atoms with E-state index < -0.39 is 0 Å². The van der Waals surface area contributed by atoms with Crippen molar-refractivity contribution < 1.29 is 14.3 Å². The topological polar surface area (TPSA) is 78.3 Å². The second-order valence-corrected chi connectivity index (χ2v) is 7.81. The Balaban J connectivity index is 1.84. The first-order chi connectivity index (χ1) is 15.4. The minimum Gasteiger partial charge on any atom is -0.497 e. The minimum atomic E-state index is -0.265. The third kappa shape index (κ3) is 3.89. The maximum atomic E-state index is 13.4. The van der Waals surface area contributed by atoms with Crippen molar-refractivity contribution in [3.05, 3.63) is 65.9 Å². The number of amides is 1. The van der Waals surface area contributed by atoms with Crippen molar-refractivity contribution in [2.75, 3.05) is 19.5 Å². The number of pyridine rings is 1. The highest BCUT2D eigenvalue weighted by Crippen LogP contribution is 2.32. The molecule has 0 aliphatic carbocycles. The van der Waals surface area contributed by atoms with Crippen molar-refractivity contribution in [2.45, 2.75) is 26.8 Å². The average molecular weight is 431 g/mol. The molecule has 2 aromatic carbocycles. The lowest BCUT2D eigenvalue weighted by Gasteiger charge is -2.14. The van der Waals surface area contributed by atoms with Gasteiger partial charge in [0, 0.05) is 17.7 Å². The molecule has 1 N–H and O–H groups in total. The lowest BCUT2D eigenvalue weighted by molar-refractivity contribution is 0.102. The number of rotatable bonds is 6. The standard InChI is InChI=1S/C25H26N4O3/c1-15(2)29-24-20(14-26-29)19(13-22(27-24)18-9-7-6-8-16(18)3)25(30)28-21-11-10-17(31-4)12-23(21)32-5/h6-15H,1-5H3,(H,28,30). The Labute approximate surface area is 187 Å². The Bertz CT molecular complexity index is 1290. The molecule has 0 radical (unpaired) electrons. The van der Waals surface area contributed by atoms with Crippen LogP contribution in [-0.4, -0.2) is 34.9 Å². The van der Waals surface area contributed by atoms with Crippen LogP contribution in [0.25, 0.3) is 22.3 Å². The summed E-state index contributed by atoms with van der Waals surface area (Å²) in [6, 6.07) is 15.2. The number of carbonyl (C=O) groups is 1. The predicted octanol–water partition coefficient (Wildman–Crippen LogP) is 5.26. The molecule has 4 rings (SSSR count). The summed E-state index contributed by atoms with van der Waals surface area (Å²) in [6.45, 7) is 6.11. The van der Waals surface area contributed by atoms with Gasteiger partial charge >= 0.3 is 0 Å². The third-order valence-corrected chi connectivity index (χ3v) is 5.38. The van der Waals surface area contributed by atoms with Crippen molar-refractivity contribution in [1.29, 1.82) is 0 Å². The quantitative estimate of drug-likeness (QED) is 0.452. The number of ether oxygens (including phenoxy) is 2. The monoisotopic (exact) mass is 430 g/mol. The number of carbonyl (C=O) groups excluding carboxylic acids is 1. The normalized spacial score (nSPS) is 11.1. The van der Waals surface area contributed by atoms with E-state index in [1.54, 1.807) is 38.6 Å². The highest BCUT2D eigenvalue weighted by molar-refractivity contribution is 6.13. The van der Waals surface area contributed by atoms with Crippen LogP contribution in [0.3, 0.4) is 0 Å². The van der Waals surface area contributed by atoms with Crippen LogP contribution in [0.15, 0.2) is 54.7 Å². The van der Waals surface area contributed by atoms with Crippen LogP contribution in [0.5, 0.6) is 11.5 Å². The molecule has 0 atom stereocenters. The fraction of sp³-hybridized carbons (Fsp3) is 0.240. The van der Waals surface area contributed by atoms with Crippen LogP contribution in [0.4, 0.5) is 5.69 Å². The molecule has 1 amide bonds. The zero-order chi connectivity index (χ0) is 22.8. The van der Waals surface area contributed by atoms with E-state index in [9.17, 15) is 4.79 Å². The third-order valence-electron chi connectivity index (χ3n) is 5.38. The zero-order valence-electron chi connectivity index (χ0n) is 18.8. The number of benzene rings is 2. The first kappa shape index (κ1) is 21.4. The molecular weight excluding hydrogens is 404 g/mol. The van der Waals surface area contributed by atoms with Gasteiger partial charge in [-0.25, -0.2) is 9.67 Å². The Morgan fingerprint density at radius 2 is 1.84 bits per heavy atom. The van der Waals surface area contributed by atoms with E-state index in [2.05, 4.69) is 10.4 Å². The molecule has 0 unspecified atom stereocenters. The number of methoxy groups -OCH3 is 2. The SMILES string of the molecule is COc1ccc(NC(=O)c2cc(-c3ccccc3C)nc3c2cnn3C(C)C)c(OC)c1. The van der Waals surface area contributed by atoms with Gasteiger partial charge in [0.25, 0.3) is 5.91 Å². The fourth-order valence-corrected chi connectivity index (χ4v) is 3.67. The van der Waals surface area contributed by atoms with Gasteiger partial charge in [-0.05, 0) is 44.5 Å². The smallest absolute Gasteiger partial charge is 0.256 e. The number of nitrogens with zero attached hydrogens (tertiary/aromatic N) is 3. The molecule has 164 valence electrons. The molecule has 0 saturated carbocycles. The number of nitrogens with one attached hydrogen (secondary N) is 1. The molecule has 32 heavy (non-hydrogen) atoms. The molecule has 2 aromatic heterocycles. The zero-order valence-corrected chi connectivity index (χ0v) is 18.8. The summed E-state index contributed by atoms with van der Waals surface area (Å²) >= 11 is 0. The second-order valence-electron chi connectivity index (χ2n) is 7.81. The summed E-state index contributed by atoms with van der Waals surface area (Å²) in [5, 5.41) is 8.16. The van der Waals surface area contributed by atoms with Crippen molar-refractivity contribution in [2.24, 2.45) is 0 Å². The molecule has 0 aliphatic heterocycles. The number of hydrogen-bond donors (Lipinski definition) is 1.